The Hall–Kier alpha value is -3.44. The standard InChI is InChI=1S/C30H43N9O2/c1-20(21-7-3-2-4-8-21)33-30(40)41-38-17-15-24(16-18-38)34-27-26-28(39(19-32-26)25-9-5-6-10-25)37-29(36-27)35-23-13-11-22(31)12-14-23/h2-4,7-8,19-20,22-25H,5-6,9-18,31H2,1H3,(H,33,40)(H2,34,35,36,37)/t20-,22?,23?/m0/s1. The summed E-state index contributed by atoms with van der Waals surface area (Å²) in [6.45, 7) is 3.24. The van der Waals surface area contributed by atoms with E-state index in [2.05, 4.69) is 20.5 Å². The number of nitrogens with two attached hydrogens (primary N) is 1. The van der Waals surface area contributed by atoms with E-state index in [4.69, 9.17) is 25.5 Å². The van der Waals surface area contributed by atoms with Gasteiger partial charge in [0.25, 0.3) is 0 Å². The van der Waals surface area contributed by atoms with Gasteiger partial charge < -0.3 is 31.1 Å². The Labute approximate surface area is 241 Å². The molecule has 2 saturated carbocycles. The number of nitrogens with zero attached hydrogens (tertiary/aromatic N) is 5. The molecule has 0 spiro atoms. The Bertz CT molecular complexity index is 1290. The fourth-order valence-electron chi connectivity index (χ4n) is 6.41. The average Bonchev–Trinajstić information content (AvgIpc) is 3.66. The van der Waals surface area contributed by atoms with E-state index < -0.39 is 6.09 Å². The number of aromatic nitrogens is 4. The summed E-state index contributed by atoms with van der Waals surface area (Å²) in [7, 11) is 0. The van der Waals surface area contributed by atoms with Crippen LogP contribution in [0.2, 0.25) is 0 Å². The monoisotopic (exact) mass is 561 g/mol. The number of rotatable bonds is 8. The highest BCUT2D eigenvalue weighted by Gasteiger charge is 2.27. The highest BCUT2D eigenvalue weighted by Crippen LogP contribution is 2.34. The van der Waals surface area contributed by atoms with Crippen LogP contribution in [0.15, 0.2) is 36.7 Å². The minimum Gasteiger partial charge on any atom is -0.365 e. The zero-order valence-corrected chi connectivity index (χ0v) is 24.0. The Kier molecular flexibility index (Phi) is 8.52. The molecular weight excluding hydrogens is 518 g/mol. The van der Waals surface area contributed by atoms with Gasteiger partial charge in [0.15, 0.2) is 17.0 Å². The van der Waals surface area contributed by atoms with Crippen LogP contribution in [0.5, 0.6) is 0 Å². The van der Waals surface area contributed by atoms with Crippen LogP contribution in [-0.4, -0.2) is 61.9 Å². The van der Waals surface area contributed by atoms with E-state index in [9.17, 15) is 4.79 Å². The minimum atomic E-state index is -0.429. The fraction of sp³-hybridized carbons (Fsp3) is 0.600. The molecule has 1 saturated heterocycles. The van der Waals surface area contributed by atoms with Crippen LogP contribution in [0.25, 0.3) is 11.2 Å². The van der Waals surface area contributed by atoms with Crippen LogP contribution in [0.4, 0.5) is 16.6 Å². The second kappa shape index (κ2) is 12.6. The number of piperidine rings is 1. The highest BCUT2D eigenvalue weighted by molar-refractivity contribution is 5.84. The van der Waals surface area contributed by atoms with Gasteiger partial charge in [-0.25, -0.2) is 9.78 Å². The molecule has 3 aliphatic rings. The zero-order chi connectivity index (χ0) is 28.2. The normalized spacial score (nSPS) is 23.4. The van der Waals surface area contributed by atoms with Crippen molar-refractivity contribution in [1.82, 2.24) is 29.9 Å². The summed E-state index contributed by atoms with van der Waals surface area (Å²) >= 11 is 0. The van der Waals surface area contributed by atoms with Gasteiger partial charge in [-0.3, -0.25) is 0 Å². The van der Waals surface area contributed by atoms with Crippen LogP contribution in [0.3, 0.4) is 0 Å². The molecule has 41 heavy (non-hydrogen) atoms. The summed E-state index contributed by atoms with van der Waals surface area (Å²) in [6, 6.07) is 11.0. The fourth-order valence-corrected chi connectivity index (χ4v) is 6.41. The molecule has 1 amide bonds. The van der Waals surface area contributed by atoms with Crippen molar-refractivity contribution in [3.8, 4) is 0 Å². The van der Waals surface area contributed by atoms with E-state index >= 15 is 0 Å². The number of nitrogens with one attached hydrogen (secondary N) is 3. The molecule has 2 aliphatic carbocycles. The number of carbonyl (C=O) groups is 1. The van der Waals surface area contributed by atoms with Gasteiger partial charge in [-0.1, -0.05) is 43.2 Å². The average molecular weight is 562 g/mol. The number of carbonyl (C=O) groups excluding carboxylic acids is 1. The van der Waals surface area contributed by atoms with Gasteiger partial charge in [0.2, 0.25) is 5.95 Å². The number of anilines is 2. The SMILES string of the molecule is C[C@H](NC(=O)ON1CCC(Nc2nc(NC3CCC(N)CC3)nc3c2ncn3C2CCCC2)CC1)c1ccccc1. The van der Waals surface area contributed by atoms with E-state index in [1.165, 1.54) is 12.8 Å². The number of fused-ring (bicyclic) bond motifs is 1. The topological polar surface area (TPSA) is 135 Å². The van der Waals surface area contributed by atoms with Crippen molar-refractivity contribution in [3.63, 3.8) is 0 Å². The minimum absolute atomic E-state index is 0.125. The van der Waals surface area contributed by atoms with Crippen LogP contribution >= 0.6 is 0 Å². The third-order valence-corrected chi connectivity index (χ3v) is 8.89. The molecule has 3 heterocycles. The quantitative estimate of drug-likeness (QED) is 0.303. The zero-order valence-electron chi connectivity index (χ0n) is 24.0. The third kappa shape index (κ3) is 6.73. The van der Waals surface area contributed by atoms with Crippen molar-refractivity contribution in [2.45, 2.75) is 101 Å². The summed E-state index contributed by atoms with van der Waals surface area (Å²) in [5, 5.41) is 11.9. The van der Waals surface area contributed by atoms with Gasteiger partial charge >= 0.3 is 6.09 Å². The Balaban J connectivity index is 1.10. The van der Waals surface area contributed by atoms with Crippen molar-refractivity contribution in [1.29, 1.82) is 0 Å². The molecule has 3 fully saturated rings. The van der Waals surface area contributed by atoms with Gasteiger partial charge in [-0.15, -0.1) is 5.06 Å². The van der Waals surface area contributed by atoms with E-state index in [-0.39, 0.29) is 12.1 Å². The lowest BCUT2D eigenvalue weighted by Crippen LogP contribution is -2.42. The Morgan fingerprint density at radius 1 is 0.951 bits per heavy atom. The maximum Gasteiger partial charge on any atom is 0.426 e. The lowest BCUT2D eigenvalue weighted by atomic mass is 9.92. The van der Waals surface area contributed by atoms with Crippen molar-refractivity contribution in [2.24, 2.45) is 5.73 Å². The van der Waals surface area contributed by atoms with E-state index in [1.807, 2.05) is 43.6 Å². The first-order valence-corrected chi connectivity index (χ1v) is 15.3. The summed E-state index contributed by atoms with van der Waals surface area (Å²) in [5.41, 5.74) is 8.89. The highest BCUT2D eigenvalue weighted by atomic mass is 16.7. The van der Waals surface area contributed by atoms with Crippen LogP contribution in [-0.2, 0) is 4.84 Å². The summed E-state index contributed by atoms with van der Waals surface area (Å²) in [5.74, 6) is 1.43. The van der Waals surface area contributed by atoms with Crippen LogP contribution < -0.4 is 21.7 Å². The smallest absolute Gasteiger partial charge is 0.365 e. The van der Waals surface area contributed by atoms with Crippen molar-refractivity contribution < 1.29 is 9.63 Å². The molecule has 0 unspecified atom stereocenters. The summed E-state index contributed by atoms with van der Waals surface area (Å²) < 4.78 is 2.25. The summed E-state index contributed by atoms with van der Waals surface area (Å²) in [4.78, 5) is 32.8. The Morgan fingerprint density at radius 3 is 2.39 bits per heavy atom. The first-order valence-electron chi connectivity index (χ1n) is 15.3. The number of benzene rings is 1. The molecule has 6 rings (SSSR count). The number of hydroxylamine groups is 2. The van der Waals surface area contributed by atoms with Crippen LogP contribution in [0, 0.1) is 0 Å². The van der Waals surface area contributed by atoms with E-state index in [0.717, 1.165) is 73.9 Å². The number of amides is 1. The number of hydrogen-bond acceptors (Lipinski definition) is 9. The molecule has 220 valence electrons. The lowest BCUT2D eigenvalue weighted by Gasteiger charge is -2.31. The molecule has 11 heteroatoms. The number of imidazole rings is 1. The van der Waals surface area contributed by atoms with Crippen molar-refractivity contribution >= 4 is 29.0 Å². The van der Waals surface area contributed by atoms with Crippen molar-refractivity contribution in [3.05, 3.63) is 42.2 Å². The molecule has 3 aromatic rings. The van der Waals surface area contributed by atoms with E-state index in [1.54, 1.807) is 5.06 Å². The maximum atomic E-state index is 12.5. The predicted octanol–water partition coefficient (Wildman–Crippen LogP) is 4.90. The molecule has 1 aliphatic heterocycles. The molecule has 1 aromatic carbocycles. The molecule has 2 aromatic heterocycles. The molecule has 5 N–H and O–H groups in total. The maximum absolute atomic E-state index is 12.5. The molecule has 0 bridgehead atoms. The predicted molar refractivity (Wildman–Crippen MR) is 159 cm³/mol. The first kappa shape index (κ1) is 27.7. The first-order chi connectivity index (χ1) is 20.0. The van der Waals surface area contributed by atoms with E-state index in [0.29, 0.717) is 37.2 Å². The van der Waals surface area contributed by atoms with Gasteiger partial charge in [0.05, 0.1) is 12.4 Å². The van der Waals surface area contributed by atoms with Gasteiger partial charge in [-0.2, -0.15) is 9.97 Å². The molecule has 11 nitrogen and oxygen atoms in total. The van der Waals surface area contributed by atoms with Gasteiger partial charge in [0.1, 0.15) is 0 Å². The largest absolute Gasteiger partial charge is 0.426 e. The number of hydrogen-bond donors (Lipinski definition) is 4. The molecular formula is C30H43N9O2. The Morgan fingerprint density at radius 2 is 1.66 bits per heavy atom. The van der Waals surface area contributed by atoms with Crippen LogP contribution in [0.1, 0.15) is 88.8 Å². The van der Waals surface area contributed by atoms with Gasteiger partial charge in [-0.05, 0) is 63.9 Å². The van der Waals surface area contributed by atoms with Gasteiger partial charge in [0, 0.05) is 37.3 Å². The third-order valence-electron chi connectivity index (χ3n) is 8.89. The summed E-state index contributed by atoms with van der Waals surface area (Å²) in [6.07, 6.45) is 12.1. The second-order valence-corrected chi connectivity index (χ2v) is 11.9. The van der Waals surface area contributed by atoms with Crippen molar-refractivity contribution in [2.75, 3.05) is 23.7 Å². The molecule has 1 atom stereocenters. The second-order valence-electron chi connectivity index (χ2n) is 11.9. The molecule has 0 radical (unpaired) electrons. The lowest BCUT2D eigenvalue weighted by molar-refractivity contribution is -0.113.